The van der Waals surface area contributed by atoms with Crippen LogP contribution in [0.25, 0.3) is 0 Å². The molecule has 3 rings (SSSR count). The predicted molar refractivity (Wildman–Crippen MR) is 84.8 cm³/mol. The highest BCUT2D eigenvalue weighted by Gasteiger charge is 2.33. The molecule has 2 aromatic heterocycles. The summed E-state index contributed by atoms with van der Waals surface area (Å²) in [7, 11) is 0. The molecule has 1 fully saturated rings. The standard InChI is InChI=1S/C18H21NO5/c20-17(13-4-1-5-14(10-13)18(21)22)19(11-15-6-2-8-23-15)12-16-7-3-9-24-16/h2-3,6-9,13-14H,1,4-5,10-12H2,(H,21,22). The Morgan fingerprint density at radius 2 is 1.62 bits per heavy atom. The first kappa shape index (κ1) is 16.4. The molecule has 2 atom stereocenters. The molecular formula is C18H21NO5. The summed E-state index contributed by atoms with van der Waals surface area (Å²) in [4.78, 5) is 25.9. The van der Waals surface area contributed by atoms with E-state index in [2.05, 4.69) is 0 Å². The summed E-state index contributed by atoms with van der Waals surface area (Å²) in [6.07, 6.45) is 5.70. The fraction of sp³-hybridized carbons (Fsp3) is 0.444. The van der Waals surface area contributed by atoms with Crippen molar-refractivity contribution in [3.63, 3.8) is 0 Å². The Balaban J connectivity index is 1.73. The molecule has 0 bridgehead atoms. The van der Waals surface area contributed by atoms with Crippen molar-refractivity contribution in [2.24, 2.45) is 11.8 Å². The van der Waals surface area contributed by atoms with Crippen LogP contribution in [0.5, 0.6) is 0 Å². The van der Waals surface area contributed by atoms with Crippen LogP contribution >= 0.6 is 0 Å². The summed E-state index contributed by atoms with van der Waals surface area (Å²) in [6.45, 7) is 0.696. The van der Waals surface area contributed by atoms with Crippen molar-refractivity contribution in [1.29, 1.82) is 0 Å². The molecule has 1 N–H and O–H groups in total. The van der Waals surface area contributed by atoms with Crippen LogP contribution in [0.1, 0.15) is 37.2 Å². The van der Waals surface area contributed by atoms with Gasteiger partial charge in [-0.05, 0) is 43.5 Å². The van der Waals surface area contributed by atoms with Crippen LogP contribution in [-0.4, -0.2) is 21.9 Å². The molecule has 24 heavy (non-hydrogen) atoms. The van der Waals surface area contributed by atoms with Crippen molar-refractivity contribution >= 4 is 11.9 Å². The summed E-state index contributed by atoms with van der Waals surface area (Å²) in [5.41, 5.74) is 0. The number of aliphatic carboxylic acids is 1. The lowest BCUT2D eigenvalue weighted by Crippen LogP contribution is -2.38. The maximum Gasteiger partial charge on any atom is 0.306 e. The number of carboxylic acids is 1. The van der Waals surface area contributed by atoms with Crippen LogP contribution in [0, 0.1) is 11.8 Å². The zero-order chi connectivity index (χ0) is 16.9. The topological polar surface area (TPSA) is 83.9 Å². The van der Waals surface area contributed by atoms with Gasteiger partial charge in [-0.15, -0.1) is 0 Å². The highest BCUT2D eigenvalue weighted by Crippen LogP contribution is 2.31. The molecule has 1 saturated carbocycles. The highest BCUT2D eigenvalue weighted by molar-refractivity contribution is 5.80. The third-order valence-electron chi connectivity index (χ3n) is 4.54. The van der Waals surface area contributed by atoms with Gasteiger partial charge in [0.25, 0.3) is 0 Å². The minimum Gasteiger partial charge on any atom is -0.481 e. The number of hydrogen-bond donors (Lipinski definition) is 1. The largest absolute Gasteiger partial charge is 0.481 e. The summed E-state index contributed by atoms with van der Waals surface area (Å²) >= 11 is 0. The van der Waals surface area contributed by atoms with Gasteiger partial charge in [-0.2, -0.15) is 0 Å². The number of rotatable bonds is 6. The van der Waals surface area contributed by atoms with Crippen LogP contribution < -0.4 is 0 Å². The zero-order valence-corrected chi connectivity index (χ0v) is 13.4. The van der Waals surface area contributed by atoms with E-state index in [-0.39, 0.29) is 11.8 Å². The molecule has 0 radical (unpaired) electrons. The maximum atomic E-state index is 13.0. The molecule has 1 aliphatic rings. The number of furan rings is 2. The summed E-state index contributed by atoms with van der Waals surface area (Å²) in [5.74, 6) is -0.141. The molecule has 0 aromatic carbocycles. The molecule has 2 heterocycles. The van der Waals surface area contributed by atoms with E-state index in [1.54, 1.807) is 29.6 Å². The van der Waals surface area contributed by atoms with E-state index in [9.17, 15) is 14.7 Å². The molecule has 1 aliphatic carbocycles. The third-order valence-corrected chi connectivity index (χ3v) is 4.54. The monoisotopic (exact) mass is 331 g/mol. The van der Waals surface area contributed by atoms with Crippen molar-refractivity contribution in [2.45, 2.75) is 38.8 Å². The second kappa shape index (κ2) is 7.38. The van der Waals surface area contributed by atoms with Crippen molar-refractivity contribution in [2.75, 3.05) is 0 Å². The van der Waals surface area contributed by atoms with Gasteiger partial charge in [0.2, 0.25) is 5.91 Å². The van der Waals surface area contributed by atoms with Gasteiger partial charge in [0.15, 0.2) is 0 Å². The second-order valence-corrected chi connectivity index (χ2v) is 6.25. The Kier molecular flexibility index (Phi) is 5.03. The van der Waals surface area contributed by atoms with E-state index in [0.717, 1.165) is 12.8 Å². The second-order valence-electron chi connectivity index (χ2n) is 6.25. The molecule has 0 spiro atoms. The molecule has 1 amide bonds. The van der Waals surface area contributed by atoms with Gasteiger partial charge >= 0.3 is 5.97 Å². The van der Waals surface area contributed by atoms with E-state index < -0.39 is 11.9 Å². The molecule has 2 unspecified atom stereocenters. The SMILES string of the molecule is O=C(O)C1CCCC(C(=O)N(Cc2ccco2)Cc2ccco2)C1. The van der Waals surface area contributed by atoms with E-state index in [0.29, 0.717) is 37.5 Å². The molecule has 128 valence electrons. The maximum absolute atomic E-state index is 13.0. The van der Waals surface area contributed by atoms with Gasteiger partial charge in [-0.25, -0.2) is 0 Å². The van der Waals surface area contributed by atoms with Crippen molar-refractivity contribution in [1.82, 2.24) is 4.90 Å². The van der Waals surface area contributed by atoms with Crippen LogP contribution in [0.15, 0.2) is 45.6 Å². The number of carboxylic acid groups (broad SMARTS) is 1. The van der Waals surface area contributed by atoms with Gasteiger partial charge < -0.3 is 18.8 Å². The van der Waals surface area contributed by atoms with E-state index >= 15 is 0 Å². The predicted octanol–water partition coefficient (Wildman–Crippen LogP) is 3.29. The summed E-state index contributed by atoms with van der Waals surface area (Å²) in [5, 5.41) is 9.24. The number of carbonyl (C=O) groups excluding carboxylic acids is 1. The van der Waals surface area contributed by atoms with Crippen LogP contribution in [0.2, 0.25) is 0 Å². The number of amides is 1. The fourth-order valence-electron chi connectivity index (χ4n) is 3.29. The molecule has 2 aromatic rings. The Morgan fingerprint density at radius 1 is 1.04 bits per heavy atom. The smallest absolute Gasteiger partial charge is 0.306 e. The molecule has 6 heteroatoms. The third kappa shape index (κ3) is 3.88. The molecule has 0 saturated heterocycles. The molecule has 0 aliphatic heterocycles. The normalized spacial score (nSPS) is 20.7. The average molecular weight is 331 g/mol. The van der Waals surface area contributed by atoms with Gasteiger partial charge in [-0.3, -0.25) is 9.59 Å². The van der Waals surface area contributed by atoms with Gasteiger partial charge in [0, 0.05) is 5.92 Å². The summed E-state index contributed by atoms with van der Waals surface area (Å²) in [6, 6.07) is 7.21. The van der Waals surface area contributed by atoms with Crippen LogP contribution in [0.4, 0.5) is 0 Å². The quantitative estimate of drug-likeness (QED) is 0.878. The Hall–Kier alpha value is -2.50. The van der Waals surface area contributed by atoms with Crippen molar-refractivity contribution in [3.8, 4) is 0 Å². The first-order valence-electron chi connectivity index (χ1n) is 8.20. The lowest BCUT2D eigenvalue weighted by molar-refractivity contribution is -0.146. The Morgan fingerprint density at radius 3 is 2.12 bits per heavy atom. The fourth-order valence-corrected chi connectivity index (χ4v) is 3.29. The van der Waals surface area contributed by atoms with Crippen LogP contribution in [0.3, 0.4) is 0 Å². The van der Waals surface area contributed by atoms with E-state index in [1.807, 2.05) is 12.1 Å². The average Bonchev–Trinajstić information content (AvgIpc) is 3.27. The Labute approximate surface area is 140 Å². The van der Waals surface area contributed by atoms with Gasteiger partial charge in [0.05, 0.1) is 31.5 Å². The summed E-state index contributed by atoms with van der Waals surface area (Å²) < 4.78 is 10.7. The first-order valence-corrected chi connectivity index (χ1v) is 8.20. The first-order chi connectivity index (χ1) is 11.6. The van der Waals surface area contributed by atoms with E-state index in [1.165, 1.54) is 0 Å². The van der Waals surface area contributed by atoms with Crippen molar-refractivity contribution in [3.05, 3.63) is 48.3 Å². The minimum absolute atomic E-state index is 0.0336. The molecular weight excluding hydrogens is 310 g/mol. The van der Waals surface area contributed by atoms with Crippen LogP contribution in [-0.2, 0) is 22.7 Å². The lowest BCUT2D eigenvalue weighted by Gasteiger charge is -2.30. The van der Waals surface area contributed by atoms with Crippen molar-refractivity contribution < 1.29 is 23.5 Å². The number of nitrogens with zero attached hydrogens (tertiary/aromatic N) is 1. The highest BCUT2D eigenvalue weighted by atomic mass is 16.4. The van der Waals surface area contributed by atoms with E-state index in [4.69, 9.17) is 8.83 Å². The molecule has 6 nitrogen and oxygen atoms in total. The number of hydrogen-bond acceptors (Lipinski definition) is 4. The van der Waals surface area contributed by atoms with Gasteiger partial charge in [0.1, 0.15) is 11.5 Å². The van der Waals surface area contributed by atoms with Gasteiger partial charge in [-0.1, -0.05) is 6.42 Å². The minimum atomic E-state index is -0.809. The zero-order valence-electron chi connectivity index (χ0n) is 13.4. The lowest BCUT2D eigenvalue weighted by atomic mass is 9.80. The Bertz CT molecular complexity index is 625. The number of carbonyl (C=O) groups is 2.